The first-order valence-electron chi connectivity index (χ1n) is 4.11. The first kappa shape index (κ1) is 8.02. The van der Waals surface area contributed by atoms with E-state index in [4.69, 9.17) is 9.84 Å². The molecule has 1 heterocycles. The van der Waals surface area contributed by atoms with Gasteiger partial charge in [0.1, 0.15) is 0 Å². The van der Waals surface area contributed by atoms with Crippen molar-refractivity contribution in [3.8, 4) is 0 Å². The van der Waals surface area contributed by atoms with E-state index in [0.717, 1.165) is 6.61 Å². The largest absolute Gasteiger partial charge is 0.394 e. The summed E-state index contributed by atoms with van der Waals surface area (Å²) in [7, 11) is 0. The van der Waals surface area contributed by atoms with Crippen LogP contribution < -0.4 is 0 Å². The van der Waals surface area contributed by atoms with E-state index in [2.05, 4.69) is 6.92 Å². The van der Waals surface area contributed by atoms with Crippen molar-refractivity contribution in [2.75, 3.05) is 13.2 Å². The van der Waals surface area contributed by atoms with Crippen molar-refractivity contribution in [1.29, 1.82) is 0 Å². The van der Waals surface area contributed by atoms with E-state index in [1.807, 2.05) is 0 Å². The first-order valence-corrected chi connectivity index (χ1v) is 4.11. The van der Waals surface area contributed by atoms with Gasteiger partial charge in [0.15, 0.2) is 0 Å². The molecule has 0 aromatic rings. The van der Waals surface area contributed by atoms with Gasteiger partial charge in [0.25, 0.3) is 0 Å². The van der Waals surface area contributed by atoms with Crippen molar-refractivity contribution in [1.82, 2.24) is 0 Å². The highest BCUT2D eigenvalue weighted by molar-refractivity contribution is 4.77. The van der Waals surface area contributed by atoms with Gasteiger partial charge in [-0.25, -0.2) is 0 Å². The molecule has 1 aliphatic heterocycles. The van der Waals surface area contributed by atoms with Gasteiger partial charge in [-0.3, -0.25) is 0 Å². The Morgan fingerprint density at radius 3 is 2.80 bits per heavy atom. The molecular formula is C8H16O2. The van der Waals surface area contributed by atoms with E-state index in [-0.39, 0.29) is 12.7 Å². The molecule has 1 N–H and O–H groups in total. The predicted octanol–water partition coefficient (Wildman–Crippen LogP) is 1.18. The van der Waals surface area contributed by atoms with E-state index in [1.54, 1.807) is 0 Å². The van der Waals surface area contributed by atoms with Crippen LogP contribution in [0.1, 0.15) is 26.2 Å². The van der Waals surface area contributed by atoms with Crippen molar-refractivity contribution in [3.05, 3.63) is 0 Å². The van der Waals surface area contributed by atoms with Crippen LogP contribution in [-0.4, -0.2) is 24.4 Å². The van der Waals surface area contributed by atoms with Crippen LogP contribution in [0.2, 0.25) is 0 Å². The molecule has 10 heavy (non-hydrogen) atoms. The minimum atomic E-state index is 0.159. The van der Waals surface area contributed by atoms with Gasteiger partial charge in [0, 0.05) is 5.92 Å². The zero-order valence-electron chi connectivity index (χ0n) is 6.55. The van der Waals surface area contributed by atoms with Gasteiger partial charge in [0.05, 0.1) is 19.3 Å². The van der Waals surface area contributed by atoms with Crippen LogP contribution in [0.3, 0.4) is 0 Å². The molecule has 0 saturated carbocycles. The highest BCUT2D eigenvalue weighted by atomic mass is 16.5. The fourth-order valence-electron chi connectivity index (χ4n) is 1.31. The Kier molecular flexibility index (Phi) is 3.16. The summed E-state index contributed by atoms with van der Waals surface area (Å²) in [6.45, 7) is 3.26. The topological polar surface area (TPSA) is 29.5 Å². The predicted molar refractivity (Wildman–Crippen MR) is 39.8 cm³/mol. The molecule has 0 aromatic heterocycles. The van der Waals surface area contributed by atoms with Crippen molar-refractivity contribution < 1.29 is 9.84 Å². The van der Waals surface area contributed by atoms with Gasteiger partial charge in [-0.2, -0.15) is 0 Å². The summed E-state index contributed by atoms with van der Waals surface area (Å²) in [5.41, 5.74) is 0. The zero-order chi connectivity index (χ0) is 7.40. The lowest BCUT2D eigenvalue weighted by molar-refractivity contribution is -0.138. The maximum absolute atomic E-state index is 8.73. The fourth-order valence-corrected chi connectivity index (χ4v) is 1.31. The number of aliphatic hydroxyl groups is 1. The molecule has 0 aliphatic carbocycles. The number of hydrogen-bond acceptors (Lipinski definition) is 2. The average Bonchev–Trinajstić information content (AvgIpc) is 1.88. The molecule has 0 spiro atoms. The molecule has 0 aromatic carbocycles. The molecule has 2 nitrogen and oxygen atoms in total. The van der Waals surface area contributed by atoms with Gasteiger partial charge < -0.3 is 9.84 Å². The lowest BCUT2D eigenvalue weighted by Crippen LogP contribution is -2.42. The third kappa shape index (κ3) is 1.70. The maximum atomic E-state index is 8.73. The molecule has 1 fully saturated rings. The number of hydrogen-bond donors (Lipinski definition) is 1. The highest BCUT2D eigenvalue weighted by Gasteiger charge is 2.30. The van der Waals surface area contributed by atoms with Crippen molar-refractivity contribution in [3.63, 3.8) is 0 Å². The van der Waals surface area contributed by atoms with Crippen LogP contribution in [0.5, 0.6) is 0 Å². The smallest absolute Gasteiger partial charge is 0.0855 e. The van der Waals surface area contributed by atoms with Gasteiger partial charge in [-0.1, -0.05) is 19.8 Å². The molecule has 2 unspecified atom stereocenters. The summed E-state index contributed by atoms with van der Waals surface area (Å²) in [5.74, 6) is 0.643. The van der Waals surface area contributed by atoms with Crippen LogP contribution in [0.15, 0.2) is 0 Å². The Hall–Kier alpha value is -0.0800. The minimum Gasteiger partial charge on any atom is -0.394 e. The van der Waals surface area contributed by atoms with E-state index >= 15 is 0 Å². The minimum absolute atomic E-state index is 0.159. The Morgan fingerprint density at radius 1 is 1.60 bits per heavy atom. The second kappa shape index (κ2) is 3.94. The summed E-state index contributed by atoms with van der Waals surface area (Å²) in [6.07, 6.45) is 3.90. The second-order valence-corrected chi connectivity index (χ2v) is 2.96. The lowest BCUT2D eigenvalue weighted by atomic mass is 9.93. The normalized spacial score (nSPS) is 31.8. The fraction of sp³-hybridized carbons (Fsp3) is 1.00. The van der Waals surface area contributed by atoms with E-state index < -0.39 is 0 Å². The lowest BCUT2D eigenvalue weighted by Gasteiger charge is -2.35. The standard InChI is InChI=1S/C8H16O2/c1-2-3-4-7-6-10-8(7)5-9/h7-9H,2-6H2,1H3. The molecule has 2 atom stereocenters. The number of unbranched alkanes of at least 4 members (excludes halogenated alkanes) is 1. The molecule has 1 aliphatic rings. The van der Waals surface area contributed by atoms with E-state index in [1.165, 1.54) is 19.3 Å². The van der Waals surface area contributed by atoms with E-state index in [0.29, 0.717) is 5.92 Å². The third-order valence-electron chi connectivity index (χ3n) is 2.16. The molecule has 0 bridgehead atoms. The summed E-state index contributed by atoms with van der Waals surface area (Å²) >= 11 is 0. The van der Waals surface area contributed by atoms with Crippen molar-refractivity contribution >= 4 is 0 Å². The molecule has 1 saturated heterocycles. The summed E-state index contributed by atoms with van der Waals surface area (Å²) in [4.78, 5) is 0. The first-order chi connectivity index (χ1) is 4.88. The van der Waals surface area contributed by atoms with Gasteiger partial charge in [-0.05, 0) is 6.42 Å². The van der Waals surface area contributed by atoms with Crippen LogP contribution >= 0.6 is 0 Å². The molecule has 60 valence electrons. The van der Waals surface area contributed by atoms with Gasteiger partial charge >= 0.3 is 0 Å². The number of rotatable bonds is 4. The Morgan fingerprint density at radius 2 is 2.40 bits per heavy atom. The molecular weight excluding hydrogens is 128 g/mol. The third-order valence-corrected chi connectivity index (χ3v) is 2.16. The Labute approximate surface area is 62.2 Å². The van der Waals surface area contributed by atoms with Gasteiger partial charge in [-0.15, -0.1) is 0 Å². The van der Waals surface area contributed by atoms with Crippen LogP contribution in [0.25, 0.3) is 0 Å². The van der Waals surface area contributed by atoms with Gasteiger partial charge in [0.2, 0.25) is 0 Å². The second-order valence-electron chi connectivity index (χ2n) is 2.96. The molecule has 1 rings (SSSR count). The Bertz CT molecular complexity index is 91.3. The quantitative estimate of drug-likeness (QED) is 0.642. The summed E-state index contributed by atoms with van der Waals surface area (Å²) in [6, 6.07) is 0. The van der Waals surface area contributed by atoms with Crippen LogP contribution in [0.4, 0.5) is 0 Å². The SMILES string of the molecule is CCCCC1COC1CO. The number of ether oxygens (including phenoxy) is 1. The van der Waals surface area contributed by atoms with Crippen LogP contribution in [-0.2, 0) is 4.74 Å². The maximum Gasteiger partial charge on any atom is 0.0855 e. The molecule has 0 amide bonds. The highest BCUT2D eigenvalue weighted by Crippen LogP contribution is 2.24. The number of aliphatic hydroxyl groups excluding tert-OH is 1. The summed E-state index contributed by atoms with van der Waals surface area (Å²) in [5, 5.41) is 8.73. The summed E-state index contributed by atoms with van der Waals surface area (Å²) < 4.78 is 5.14. The van der Waals surface area contributed by atoms with E-state index in [9.17, 15) is 0 Å². The Balaban J connectivity index is 2.05. The van der Waals surface area contributed by atoms with Crippen LogP contribution in [0, 0.1) is 5.92 Å². The zero-order valence-corrected chi connectivity index (χ0v) is 6.55. The van der Waals surface area contributed by atoms with Crippen molar-refractivity contribution in [2.45, 2.75) is 32.3 Å². The molecule has 2 heteroatoms. The molecule has 0 radical (unpaired) electrons. The average molecular weight is 144 g/mol. The van der Waals surface area contributed by atoms with Crippen molar-refractivity contribution in [2.24, 2.45) is 5.92 Å². The monoisotopic (exact) mass is 144 g/mol.